The van der Waals surface area contributed by atoms with E-state index in [1.54, 1.807) is 0 Å². The van der Waals surface area contributed by atoms with Gasteiger partial charge in [-0.05, 0) is 6.92 Å². The third-order valence-corrected chi connectivity index (χ3v) is 3.34. The van der Waals surface area contributed by atoms with Crippen LogP contribution in [0.4, 0.5) is 0 Å². The molecule has 0 aromatic heterocycles. The molecule has 0 bridgehead atoms. The number of esters is 1. The summed E-state index contributed by atoms with van der Waals surface area (Å²) in [5.41, 5.74) is 0. The van der Waals surface area contributed by atoms with E-state index in [4.69, 9.17) is 42.6 Å². The fraction of sp³-hybridized carbons (Fsp3) is 0.950. The van der Waals surface area contributed by atoms with Crippen molar-refractivity contribution in [3.63, 3.8) is 0 Å². The molecule has 0 aliphatic heterocycles. The molecule has 0 saturated carbocycles. The van der Waals surface area contributed by atoms with Crippen LogP contribution in [-0.2, 0) is 47.4 Å². The van der Waals surface area contributed by atoms with Crippen molar-refractivity contribution >= 4 is 5.97 Å². The van der Waals surface area contributed by atoms with Gasteiger partial charge in [-0.3, -0.25) is 4.79 Å². The van der Waals surface area contributed by atoms with Gasteiger partial charge in [0.25, 0.3) is 0 Å². The third-order valence-electron chi connectivity index (χ3n) is 3.34. The normalized spacial score (nSPS) is 11.1. The van der Waals surface area contributed by atoms with Gasteiger partial charge in [-0.25, -0.2) is 0 Å². The second-order valence-corrected chi connectivity index (χ2v) is 5.82. The number of hydrogen-bond acceptors (Lipinski definition) is 10. The summed E-state index contributed by atoms with van der Waals surface area (Å²) in [7, 11) is 0. The fourth-order valence-corrected chi connectivity index (χ4v) is 1.93. The summed E-state index contributed by atoms with van der Waals surface area (Å²) in [5.74, 6) is -0.306. The maximum absolute atomic E-state index is 10.5. The Morgan fingerprint density at radius 2 is 0.667 bits per heavy atom. The van der Waals surface area contributed by atoms with Crippen molar-refractivity contribution in [2.75, 3.05) is 112 Å². The van der Waals surface area contributed by atoms with Gasteiger partial charge in [0.15, 0.2) is 0 Å². The molecule has 180 valence electrons. The molecule has 30 heavy (non-hydrogen) atoms. The summed E-state index contributed by atoms with van der Waals surface area (Å²) in [5, 5.41) is 0. The van der Waals surface area contributed by atoms with Crippen LogP contribution in [0.15, 0.2) is 0 Å². The highest BCUT2D eigenvalue weighted by Crippen LogP contribution is 1.86. The molecule has 0 aromatic rings. The molecule has 0 saturated heterocycles. The van der Waals surface area contributed by atoms with E-state index in [0.717, 1.165) is 0 Å². The van der Waals surface area contributed by atoms with E-state index in [9.17, 15) is 4.79 Å². The largest absolute Gasteiger partial charge is 0.463 e. The average Bonchev–Trinajstić information content (AvgIpc) is 2.73. The Labute approximate surface area is 180 Å². The van der Waals surface area contributed by atoms with Gasteiger partial charge in [0.05, 0.1) is 99.1 Å². The lowest BCUT2D eigenvalue weighted by molar-refractivity contribution is -0.142. The summed E-state index contributed by atoms with van der Waals surface area (Å²) in [6.45, 7) is 12.1. The van der Waals surface area contributed by atoms with Crippen molar-refractivity contribution in [1.29, 1.82) is 0 Å². The van der Waals surface area contributed by atoms with E-state index in [1.165, 1.54) is 6.92 Å². The Bertz CT molecular complexity index is 344. The van der Waals surface area contributed by atoms with Gasteiger partial charge >= 0.3 is 5.97 Å². The second-order valence-electron chi connectivity index (χ2n) is 5.82. The Morgan fingerprint density at radius 1 is 0.433 bits per heavy atom. The van der Waals surface area contributed by atoms with Gasteiger partial charge in [0, 0.05) is 13.5 Å². The van der Waals surface area contributed by atoms with Crippen molar-refractivity contribution in [2.45, 2.75) is 13.8 Å². The molecular weight excluding hydrogens is 400 g/mol. The molecule has 10 nitrogen and oxygen atoms in total. The lowest BCUT2D eigenvalue weighted by Crippen LogP contribution is -2.15. The van der Waals surface area contributed by atoms with Crippen LogP contribution in [0.25, 0.3) is 0 Å². The monoisotopic (exact) mass is 440 g/mol. The standard InChI is InChI=1S/C20H40O10/c1-3-22-4-5-23-6-7-24-8-9-25-10-11-26-12-13-27-14-15-28-16-17-29-18-19-30-20(2)21/h3-19H2,1-2H3. The number of carbonyl (C=O) groups excluding carboxylic acids is 1. The van der Waals surface area contributed by atoms with Gasteiger partial charge in [-0.1, -0.05) is 0 Å². The summed E-state index contributed by atoms with van der Waals surface area (Å²) in [6, 6.07) is 0. The van der Waals surface area contributed by atoms with Crippen LogP contribution >= 0.6 is 0 Å². The van der Waals surface area contributed by atoms with Gasteiger partial charge < -0.3 is 42.6 Å². The summed E-state index contributed by atoms with van der Waals surface area (Å²) >= 11 is 0. The molecule has 0 aliphatic carbocycles. The third kappa shape index (κ3) is 27.1. The lowest BCUT2D eigenvalue weighted by Gasteiger charge is -2.08. The number of carbonyl (C=O) groups is 1. The van der Waals surface area contributed by atoms with Crippen molar-refractivity contribution in [1.82, 2.24) is 0 Å². The van der Waals surface area contributed by atoms with E-state index in [2.05, 4.69) is 0 Å². The quantitative estimate of drug-likeness (QED) is 0.149. The van der Waals surface area contributed by atoms with Crippen LogP contribution in [0, 0.1) is 0 Å². The van der Waals surface area contributed by atoms with E-state index in [0.29, 0.717) is 106 Å². The van der Waals surface area contributed by atoms with Gasteiger partial charge in [0.2, 0.25) is 0 Å². The molecule has 0 radical (unpaired) electrons. The molecule has 0 spiro atoms. The summed E-state index contributed by atoms with van der Waals surface area (Å²) in [6.07, 6.45) is 0. The van der Waals surface area contributed by atoms with Gasteiger partial charge in [-0.15, -0.1) is 0 Å². The maximum atomic E-state index is 10.5. The van der Waals surface area contributed by atoms with Crippen LogP contribution in [0.3, 0.4) is 0 Å². The minimum absolute atomic E-state index is 0.266. The number of ether oxygens (including phenoxy) is 9. The molecule has 0 N–H and O–H groups in total. The molecule has 0 atom stereocenters. The zero-order chi connectivity index (χ0) is 22.0. The maximum Gasteiger partial charge on any atom is 0.302 e. The SMILES string of the molecule is CCOCCOCCOCCOCCOCCOCCOCCOCCOC(C)=O. The Hall–Kier alpha value is -0.850. The fourth-order valence-electron chi connectivity index (χ4n) is 1.93. The molecule has 0 rings (SSSR count). The number of rotatable bonds is 25. The van der Waals surface area contributed by atoms with Gasteiger partial charge in [0.1, 0.15) is 6.61 Å². The Balaban J connectivity index is 2.99. The van der Waals surface area contributed by atoms with Crippen LogP contribution in [0.1, 0.15) is 13.8 Å². The molecule has 0 heterocycles. The molecular formula is C20H40O10. The predicted octanol–water partition coefficient (Wildman–Crippen LogP) is 0.702. The number of hydrogen-bond donors (Lipinski definition) is 0. The first-order valence-corrected chi connectivity index (χ1v) is 10.5. The van der Waals surface area contributed by atoms with Crippen molar-refractivity contribution in [3.8, 4) is 0 Å². The van der Waals surface area contributed by atoms with E-state index < -0.39 is 0 Å². The van der Waals surface area contributed by atoms with Crippen LogP contribution in [0.2, 0.25) is 0 Å². The molecule has 0 aromatic carbocycles. The highest BCUT2D eigenvalue weighted by atomic mass is 16.6. The molecule has 10 heteroatoms. The van der Waals surface area contributed by atoms with Crippen LogP contribution < -0.4 is 0 Å². The minimum atomic E-state index is -0.306. The van der Waals surface area contributed by atoms with E-state index in [-0.39, 0.29) is 12.6 Å². The second kappa shape index (κ2) is 26.2. The van der Waals surface area contributed by atoms with E-state index in [1.807, 2.05) is 6.92 Å². The molecule has 0 fully saturated rings. The van der Waals surface area contributed by atoms with Crippen molar-refractivity contribution in [2.24, 2.45) is 0 Å². The van der Waals surface area contributed by atoms with Crippen molar-refractivity contribution in [3.05, 3.63) is 0 Å². The first-order chi connectivity index (χ1) is 14.8. The smallest absolute Gasteiger partial charge is 0.302 e. The summed E-state index contributed by atoms with van der Waals surface area (Å²) in [4.78, 5) is 10.5. The van der Waals surface area contributed by atoms with Crippen LogP contribution in [-0.4, -0.2) is 118 Å². The zero-order valence-electron chi connectivity index (χ0n) is 18.6. The highest BCUT2D eigenvalue weighted by molar-refractivity contribution is 5.65. The van der Waals surface area contributed by atoms with E-state index >= 15 is 0 Å². The van der Waals surface area contributed by atoms with Gasteiger partial charge in [-0.2, -0.15) is 0 Å². The molecule has 0 aliphatic rings. The highest BCUT2D eigenvalue weighted by Gasteiger charge is 1.95. The minimum Gasteiger partial charge on any atom is -0.463 e. The van der Waals surface area contributed by atoms with Crippen LogP contribution in [0.5, 0.6) is 0 Å². The first-order valence-electron chi connectivity index (χ1n) is 10.5. The van der Waals surface area contributed by atoms with Crippen molar-refractivity contribution < 1.29 is 47.4 Å². The topological polar surface area (TPSA) is 100 Å². The Kier molecular flexibility index (Phi) is 25.4. The Morgan fingerprint density at radius 3 is 0.900 bits per heavy atom. The lowest BCUT2D eigenvalue weighted by atomic mass is 10.6. The predicted molar refractivity (Wildman–Crippen MR) is 109 cm³/mol. The molecule has 0 amide bonds. The zero-order valence-corrected chi connectivity index (χ0v) is 18.6. The first kappa shape index (κ1) is 29.1. The summed E-state index contributed by atoms with van der Waals surface area (Å²) < 4.78 is 47.4. The molecule has 0 unspecified atom stereocenters. The average molecular weight is 441 g/mol.